The molecule has 0 saturated carbocycles. The molecule has 1 aliphatic rings. The fourth-order valence-corrected chi connectivity index (χ4v) is 2.83. The minimum absolute atomic E-state index is 0.0700. The summed E-state index contributed by atoms with van der Waals surface area (Å²) in [6.45, 7) is 6.34. The molecule has 5 heteroatoms. The van der Waals surface area contributed by atoms with Crippen molar-refractivity contribution in [3.8, 4) is 0 Å². The normalized spacial score (nSPS) is 18.8. The standard InChI is InChI=1S/C17H23N3O2/c1-17(2,3)12-7-5-6-10(15(12)19-4)14(18)11-8-9-13(21)20-16(11)22/h5-7,11,18-19H,8-9H2,1-4H3,(H,20,21,22). The SMILES string of the molecule is CNc1c(C(=N)C2CCC(=O)NC2=O)cccc1C(C)(C)C. The van der Waals surface area contributed by atoms with Crippen LogP contribution in [0.15, 0.2) is 18.2 Å². The molecule has 1 aromatic carbocycles. The number of piperidine rings is 1. The van der Waals surface area contributed by atoms with Crippen molar-refractivity contribution in [2.45, 2.75) is 39.0 Å². The molecule has 0 bridgehead atoms. The minimum Gasteiger partial charge on any atom is -0.387 e. The molecule has 1 fully saturated rings. The zero-order valence-corrected chi connectivity index (χ0v) is 13.5. The van der Waals surface area contributed by atoms with Crippen LogP contribution in [0.3, 0.4) is 0 Å². The number of benzene rings is 1. The second-order valence-corrected chi connectivity index (χ2v) is 6.65. The Balaban J connectivity index is 2.42. The van der Waals surface area contributed by atoms with Crippen molar-refractivity contribution in [1.82, 2.24) is 5.32 Å². The van der Waals surface area contributed by atoms with Crippen LogP contribution in [0.25, 0.3) is 0 Å². The molecule has 5 nitrogen and oxygen atoms in total. The van der Waals surface area contributed by atoms with Gasteiger partial charge in [-0.2, -0.15) is 0 Å². The second-order valence-electron chi connectivity index (χ2n) is 6.65. The van der Waals surface area contributed by atoms with E-state index in [4.69, 9.17) is 5.41 Å². The van der Waals surface area contributed by atoms with E-state index in [9.17, 15) is 9.59 Å². The number of anilines is 1. The van der Waals surface area contributed by atoms with E-state index in [-0.39, 0.29) is 29.4 Å². The Morgan fingerprint density at radius 2 is 2.00 bits per heavy atom. The molecule has 1 heterocycles. The van der Waals surface area contributed by atoms with E-state index in [1.54, 1.807) is 0 Å². The van der Waals surface area contributed by atoms with Gasteiger partial charge in [0.05, 0.1) is 11.6 Å². The van der Waals surface area contributed by atoms with Crippen LogP contribution in [0.4, 0.5) is 5.69 Å². The number of hydrogen-bond donors (Lipinski definition) is 3. The maximum Gasteiger partial charge on any atom is 0.235 e. The maximum atomic E-state index is 12.0. The van der Waals surface area contributed by atoms with Crippen LogP contribution in [0, 0.1) is 11.3 Å². The Bertz CT molecular complexity index is 629. The lowest BCUT2D eigenvalue weighted by molar-refractivity contribution is -0.134. The lowest BCUT2D eigenvalue weighted by Crippen LogP contribution is -2.44. The third-order valence-corrected chi connectivity index (χ3v) is 4.00. The van der Waals surface area contributed by atoms with Gasteiger partial charge in [0.2, 0.25) is 11.8 Å². The topological polar surface area (TPSA) is 82.1 Å². The molecule has 0 aliphatic carbocycles. The van der Waals surface area contributed by atoms with Crippen LogP contribution >= 0.6 is 0 Å². The Kier molecular flexibility index (Phi) is 4.35. The molecular weight excluding hydrogens is 278 g/mol. The van der Waals surface area contributed by atoms with Crippen molar-refractivity contribution in [3.05, 3.63) is 29.3 Å². The molecule has 1 aromatic rings. The van der Waals surface area contributed by atoms with Crippen molar-refractivity contribution < 1.29 is 9.59 Å². The molecule has 0 radical (unpaired) electrons. The Morgan fingerprint density at radius 1 is 1.32 bits per heavy atom. The van der Waals surface area contributed by atoms with E-state index < -0.39 is 5.92 Å². The first-order valence-corrected chi connectivity index (χ1v) is 7.49. The average molecular weight is 301 g/mol. The molecular formula is C17H23N3O2. The first kappa shape index (κ1) is 16.2. The van der Waals surface area contributed by atoms with Crippen molar-refractivity contribution in [2.24, 2.45) is 5.92 Å². The maximum absolute atomic E-state index is 12.0. The van der Waals surface area contributed by atoms with Crippen molar-refractivity contribution >= 4 is 23.2 Å². The molecule has 3 N–H and O–H groups in total. The zero-order chi connectivity index (χ0) is 16.5. The van der Waals surface area contributed by atoms with Crippen molar-refractivity contribution in [1.29, 1.82) is 5.41 Å². The van der Waals surface area contributed by atoms with Gasteiger partial charge in [-0.1, -0.05) is 39.0 Å². The van der Waals surface area contributed by atoms with E-state index in [1.165, 1.54) is 0 Å². The first-order valence-electron chi connectivity index (χ1n) is 7.49. The van der Waals surface area contributed by atoms with E-state index >= 15 is 0 Å². The van der Waals surface area contributed by atoms with Crippen LogP contribution in [0.1, 0.15) is 44.7 Å². The summed E-state index contributed by atoms with van der Waals surface area (Å²) in [5.74, 6) is -1.20. The number of imide groups is 1. The van der Waals surface area contributed by atoms with Crippen LogP contribution in [0.2, 0.25) is 0 Å². The molecule has 22 heavy (non-hydrogen) atoms. The summed E-state index contributed by atoms with van der Waals surface area (Å²) in [4.78, 5) is 23.3. The molecule has 1 saturated heterocycles. The second kappa shape index (κ2) is 5.91. The minimum atomic E-state index is -0.569. The predicted molar refractivity (Wildman–Crippen MR) is 87.4 cm³/mol. The largest absolute Gasteiger partial charge is 0.387 e. The summed E-state index contributed by atoms with van der Waals surface area (Å²) < 4.78 is 0. The summed E-state index contributed by atoms with van der Waals surface area (Å²) in [7, 11) is 1.83. The molecule has 1 atom stereocenters. The van der Waals surface area contributed by atoms with E-state index in [2.05, 4.69) is 31.4 Å². The van der Waals surface area contributed by atoms with Crippen molar-refractivity contribution in [3.63, 3.8) is 0 Å². The fraction of sp³-hybridized carbons (Fsp3) is 0.471. The summed E-state index contributed by atoms with van der Waals surface area (Å²) in [5.41, 5.74) is 2.90. The average Bonchev–Trinajstić information content (AvgIpc) is 2.44. The van der Waals surface area contributed by atoms with E-state index in [1.807, 2.05) is 25.2 Å². The van der Waals surface area contributed by atoms with Gasteiger partial charge in [0.15, 0.2) is 0 Å². The lowest BCUT2D eigenvalue weighted by Gasteiger charge is -2.27. The van der Waals surface area contributed by atoms with Gasteiger partial charge in [0.1, 0.15) is 0 Å². The summed E-state index contributed by atoms with van der Waals surface area (Å²) in [5, 5.41) is 14.0. The molecule has 1 aliphatic heterocycles. The summed E-state index contributed by atoms with van der Waals surface area (Å²) in [6, 6.07) is 5.80. The Morgan fingerprint density at radius 3 is 2.55 bits per heavy atom. The Hall–Kier alpha value is -2.17. The van der Waals surface area contributed by atoms with Crippen LogP contribution in [-0.4, -0.2) is 24.6 Å². The molecule has 0 aromatic heterocycles. The first-order chi connectivity index (χ1) is 10.3. The molecule has 2 amide bonds. The number of hydrogen-bond acceptors (Lipinski definition) is 4. The van der Waals surface area contributed by atoms with Crippen LogP contribution in [0.5, 0.6) is 0 Å². The predicted octanol–water partition coefficient (Wildman–Crippen LogP) is 2.45. The van der Waals surface area contributed by atoms with Gasteiger partial charge >= 0.3 is 0 Å². The van der Waals surface area contributed by atoms with Gasteiger partial charge in [-0.15, -0.1) is 0 Å². The number of rotatable bonds is 3. The molecule has 2 rings (SSSR count). The number of carbonyl (C=O) groups is 2. The van der Waals surface area contributed by atoms with Gasteiger partial charge in [-0.05, 0) is 17.4 Å². The molecule has 1 unspecified atom stereocenters. The Labute approximate surface area is 131 Å². The number of nitrogens with one attached hydrogen (secondary N) is 3. The number of carbonyl (C=O) groups excluding carboxylic acids is 2. The highest BCUT2D eigenvalue weighted by atomic mass is 16.2. The highest BCUT2D eigenvalue weighted by Gasteiger charge is 2.32. The zero-order valence-electron chi connectivity index (χ0n) is 13.5. The van der Waals surface area contributed by atoms with Crippen LogP contribution in [-0.2, 0) is 15.0 Å². The summed E-state index contributed by atoms with van der Waals surface area (Å²) >= 11 is 0. The van der Waals surface area contributed by atoms with Gasteiger partial charge in [-0.25, -0.2) is 0 Å². The van der Waals surface area contributed by atoms with Crippen molar-refractivity contribution in [2.75, 3.05) is 12.4 Å². The van der Waals surface area contributed by atoms with E-state index in [0.29, 0.717) is 6.42 Å². The highest BCUT2D eigenvalue weighted by molar-refractivity contribution is 6.17. The number of para-hydroxylation sites is 1. The van der Waals surface area contributed by atoms with E-state index in [0.717, 1.165) is 16.8 Å². The van der Waals surface area contributed by atoms with Gasteiger partial charge < -0.3 is 10.7 Å². The quantitative estimate of drug-likeness (QED) is 0.592. The van der Waals surface area contributed by atoms with Gasteiger partial charge in [0, 0.05) is 24.7 Å². The third-order valence-electron chi connectivity index (χ3n) is 4.00. The van der Waals surface area contributed by atoms with Crippen LogP contribution < -0.4 is 10.6 Å². The summed E-state index contributed by atoms with van der Waals surface area (Å²) in [6.07, 6.45) is 0.680. The third kappa shape index (κ3) is 3.03. The molecule has 118 valence electrons. The smallest absolute Gasteiger partial charge is 0.235 e. The fourth-order valence-electron chi connectivity index (χ4n) is 2.83. The van der Waals surface area contributed by atoms with Gasteiger partial charge in [-0.3, -0.25) is 14.9 Å². The van der Waals surface area contributed by atoms with Gasteiger partial charge in [0.25, 0.3) is 0 Å². The highest BCUT2D eigenvalue weighted by Crippen LogP contribution is 2.33. The molecule has 0 spiro atoms. The number of amides is 2. The monoisotopic (exact) mass is 301 g/mol. The lowest BCUT2D eigenvalue weighted by atomic mass is 9.81.